The van der Waals surface area contributed by atoms with Crippen LogP contribution in [0.3, 0.4) is 0 Å². The highest BCUT2D eigenvalue weighted by atomic mass is 32.1. The highest BCUT2D eigenvalue weighted by molar-refractivity contribution is 7.10. The first kappa shape index (κ1) is 17.8. The molecule has 1 amide bonds. The molecule has 0 atom stereocenters. The van der Waals surface area contributed by atoms with E-state index < -0.39 is 5.97 Å². The van der Waals surface area contributed by atoms with Crippen LogP contribution in [-0.4, -0.2) is 33.2 Å². The Morgan fingerprint density at radius 1 is 1.00 bits per heavy atom. The molecule has 2 rings (SSSR count). The molecule has 0 aliphatic heterocycles. The van der Waals surface area contributed by atoms with Crippen LogP contribution in [0.15, 0.2) is 17.5 Å². The fraction of sp³-hybridized carbons (Fsp3) is 0.294. The van der Waals surface area contributed by atoms with Crippen molar-refractivity contribution in [2.24, 2.45) is 0 Å². The summed E-state index contributed by atoms with van der Waals surface area (Å²) in [5, 5.41) is 4.54. The minimum Gasteiger partial charge on any atom is -0.493 e. The van der Waals surface area contributed by atoms with Gasteiger partial charge in [-0.3, -0.25) is 4.79 Å². The molecule has 0 radical (unpaired) electrons. The van der Waals surface area contributed by atoms with Gasteiger partial charge in [-0.05, 0) is 19.4 Å². The topological polar surface area (TPSA) is 73.9 Å². The Bertz CT molecular complexity index is 782. The summed E-state index contributed by atoms with van der Waals surface area (Å²) in [6.45, 7) is 3.84. The maximum absolute atomic E-state index is 12.5. The van der Waals surface area contributed by atoms with E-state index in [1.165, 1.54) is 44.8 Å². The first-order valence-electron chi connectivity index (χ1n) is 7.13. The molecule has 1 aromatic heterocycles. The molecule has 0 saturated heterocycles. The number of aryl methyl sites for hydroxylation is 1. The van der Waals surface area contributed by atoms with Crippen LogP contribution in [0.1, 0.15) is 31.2 Å². The average molecular weight is 349 g/mol. The first-order chi connectivity index (χ1) is 11.4. The van der Waals surface area contributed by atoms with Gasteiger partial charge < -0.3 is 19.5 Å². The van der Waals surface area contributed by atoms with Gasteiger partial charge in [0, 0.05) is 22.4 Å². The average Bonchev–Trinajstić information content (AvgIpc) is 2.92. The molecule has 128 valence electrons. The number of ether oxygens (including phenoxy) is 3. The monoisotopic (exact) mass is 349 g/mol. The van der Waals surface area contributed by atoms with Crippen LogP contribution >= 0.6 is 11.3 Å². The molecule has 24 heavy (non-hydrogen) atoms. The van der Waals surface area contributed by atoms with Gasteiger partial charge in [-0.25, -0.2) is 4.79 Å². The van der Waals surface area contributed by atoms with Crippen LogP contribution in [0, 0.1) is 13.8 Å². The summed E-state index contributed by atoms with van der Waals surface area (Å²) in [6.07, 6.45) is 0. The third kappa shape index (κ3) is 3.35. The van der Waals surface area contributed by atoms with Crippen molar-refractivity contribution < 1.29 is 23.8 Å². The molecular formula is C17H19NO5S. The molecule has 6 nitrogen and oxygen atoms in total. The van der Waals surface area contributed by atoms with Gasteiger partial charge in [0.05, 0.1) is 38.1 Å². The summed E-state index contributed by atoms with van der Waals surface area (Å²) in [5.41, 5.74) is 1.97. The Morgan fingerprint density at radius 3 is 2.12 bits per heavy atom. The quantitative estimate of drug-likeness (QED) is 0.837. The molecule has 0 spiro atoms. The third-order valence-electron chi connectivity index (χ3n) is 3.71. The first-order valence-corrected chi connectivity index (χ1v) is 8.01. The van der Waals surface area contributed by atoms with Crippen LogP contribution in [0.4, 0.5) is 5.69 Å². The maximum atomic E-state index is 12.5. The Morgan fingerprint density at radius 2 is 1.62 bits per heavy atom. The minimum absolute atomic E-state index is 0.188. The molecule has 0 aliphatic carbocycles. The Hall–Kier alpha value is -2.54. The standard InChI is InChI=1S/C17H19NO5S/c1-9-10(2)24-8-12(9)16(19)18-13-7-15(22-4)14(21-3)6-11(13)17(20)23-5/h6-8H,1-5H3,(H,18,19). The van der Waals surface area contributed by atoms with E-state index in [9.17, 15) is 9.59 Å². The van der Waals surface area contributed by atoms with Crippen molar-refractivity contribution in [1.29, 1.82) is 0 Å². The molecule has 1 aromatic carbocycles. The number of hydrogen-bond acceptors (Lipinski definition) is 6. The summed E-state index contributed by atoms with van der Waals surface area (Å²) in [4.78, 5) is 25.6. The smallest absolute Gasteiger partial charge is 0.340 e. The molecule has 0 saturated carbocycles. The summed E-state index contributed by atoms with van der Waals surface area (Å²) in [6, 6.07) is 3.02. The number of benzene rings is 1. The highest BCUT2D eigenvalue weighted by Gasteiger charge is 2.20. The van der Waals surface area contributed by atoms with Gasteiger partial charge in [0.2, 0.25) is 0 Å². The molecular weight excluding hydrogens is 330 g/mol. The zero-order chi connectivity index (χ0) is 17.9. The Balaban J connectivity index is 2.45. The number of methoxy groups -OCH3 is 3. The van der Waals surface area contributed by atoms with Gasteiger partial charge >= 0.3 is 5.97 Å². The second kappa shape index (κ2) is 7.35. The Kier molecular flexibility index (Phi) is 5.46. The third-order valence-corrected chi connectivity index (χ3v) is 4.72. The number of carbonyl (C=O) groups is 2. The predicted molar refractivity (Wildman–Crippen MR) is 92.6 cm³/mol. The molecule has 0 bridgehead atoms. The highest BCUT2D eigenvalue weighted by Crippen LogP contribution is 2.34. The lowest BCUT2D eigenvalue weighted by Crippen LogP contribution is -2.16. The van der Waals surface area contributed by atoms with E-state index in [1.807, 2.05) is 13.8 Å². The number of rotatable bonds is 5. The van der Waals surface area contributed by atoms with Crippen molar-refractivity contribution in [2.75, 3.05) is 26.6 Å². The van der Waals surface area contributed by atoms with Gasteiger partial charge in [0.25, 0.3) is 5.91 Å². The van der Waals surface area contributed by atoms with E-state index in [0.717, 1.165) is 10.4 Å². The van der Waals surface area contributed by atoms with Crippen LogP contribution in [0.2, 0.25) is 0 Å². The number of hydrogen-bond donors (Lipinski definition) is 1. The van der Waals surface area contributed by atoms with Gasteiger partial charge in [0.1, 0.15) is 0 Å². The van der Waals surface area contributed by atoms with E-state index >= 15 is 0 Å². The summed E-state index contributed by atoms with van der Waals surface area (Å²) < 4.78 is 15.2. The van der Waals surface area contributed by atoms with Crippen LogP contribution in [0.5, 0.6) is 11.5 Å². The van der Waals surface area contributed by atoms with E-state index in [2.05, 4.69) is 5.32 Å². The van der Waals surface area contributed by atoms with Crippen molar-refractivity contribution in [3.8, 4) is 11.5 Å². The molecule has 2 aromatic rings. The Labute approximate surface area is 144 Å². The number of carbonyl (C=O) groups excluding carboxylic acids is 2. The van der Waals surface area contributed by atoms with Crippen LogP contribution < -0.4 is 14.8 Å². The summed E-state index contributed by atoms with van der Waals surface area (Å²) in [5.74, 6) is -0.101. The maximum Gasteiger partial charge on any atom is 0.340 e. The lowest BCUT2D eigenvalue weighted by molar-refractivity contribution is 0.0601. The van der Waals surface area contributed by atoms with E-state index in [-0.39, 0.29) is 11.5 Å². The van der Waals surface area contributed by atoms with Gasteiger partial charge in [-0.2, -0.15) is 0 Å². The molecule has 0 aliphatic rings. The lowest BCUT2D eigenvalue weighted by atomic mass is 10.1. The number of esters is 1. The minimum atomic E-state index is -0.579. The van der Waals surface area contributed by atoms with Crippen molar-refractivity contribution in [1.82, 2.24) is 0 Å². The largest absolute Gasteiger partial charge is 0.493 e. The molecule has 1 heterocycles. The number of thiophene rings is 1. The van der Waals surface area contributed by atoms with Crippen molar-refractivity contribution in [3.05, 3.63) is 39.1 Å². The summed E-state index contributed by atoms with van der Waals surface area (Å²) in [7, 11) is 4.22. The predicted octanol–water partition coefficient (Wildman–Crippen LogP) is 3.42. The van der Waals surface area contributed by atoms with E-state index in [1.54, 1.807) is 5.38 Å². The fourth-order valence-corrected chi connectivity index (χ4v) is 3.05. The van der Waals surface area contributed by atoms with Gasteiger partial charge in [0.15, 0.2) is 11.5 Å². The van der Waals surface area contributed by atoms with Crippen molar-refractivity contribution in [3.63, 3.8) is 0 Å². The van der Waals surface area contributed by atoms with Gasteiger partial charge in [-0.15, -0.1) is 11.3 Å². The fourth-order valence-electron chi connectivity index (χ4n) is 2.19. The van der Waals surface area contributed by atoms with E-state index in [4.69, 9.17) is 14.2 Å². The zero-order valence-corrected chi connectivity index (χ0v) is 15.0. The normalized spacial score (nSPS) is 10.2. The lowest BCUT2D eigenvalue weighted by Gasteiger charge is -2.14. The number of amides is 1. The zero-order valence-electron chi connectivity index (χ0n) is 14.2. The van der Waals surface area contributed by atoms with Crippen molar-refractivity contribution >= 4 is 28.9 Å². The molecule has 7 heteroatoms. The number of nitrogens with one attached hydrogen (secondary N) is 1. The van der Waals surface area contributed by atoms with E-state index in [0.29, 0.717) is 22.7 Å². The summed E-state index contributed by atoms with van der Waals surface area (Å²) >= 11 is 1.50. The molecule has 0 unspecified atom stereocenters. The number of anilines is 1. The molecule has 0 fully saturated rings. The second-order valence-corrected chi connectivity index (χ2v) is 6.11. The van der Waals surface area contributed by atoms with Crippen LogP contribution in [-0.2, 0) is 4.74 Å². The van der Waals surface area contributed by atoms with Crippen molar-refractivity contribution in [2.45, 2.75) is 13.8 Å². The van der Waals surface area contributed by atoms with Gasteiger partial charge in [-0.1, -0.05) is 0 Å². The SMILES string of the molecule is COC(=O)c1cc(OC)c(OC)cc1NC(=O)c1csc(C)c1C. The molecule has 1 N–H and O–H groups in total. The van der Waals surface area contributed by atoms with Crippen LogP contribution in [0.25, 0.3) is 0 Å². The second-order valence-electron chi connectivity index (χ2n) is 5.03.